The molecule has 0 aliphatic heterocycles. The Balaban J connectivity index is 1.93. The fourth-order valence-electron chi connectivity index (χ4n) is 2.50. The van der Waals surface area contributed by atoms with Gasteiger partial charge in [0.1, 0.15) is 5.69 Å². The van der Waals surface area contributed by atoms with Gasteiger partial charge in [-0.05, 0) is 40.2 Å². The van der Waals surface area contributed by atoms with Gasteiger partial charge in [-0.15, -0.1) is 11.3 Å². The lowest BCUT2D eigenvalue weighted by Gasteiger charge is -2.03. The molecule has 118 valence electrons. The first-order valence-electron chi connectivity index (χ1n) is 6.95. The van der Waals surface area contributed by atoms with Crippen LogP contribution in [0.2, 0.25) is 5.28 Å². The highest BCUT2D eigenvalue weighted by atomic mass is 35.5. The minimum absolute atomic E-state index is 0.0136. The smallest absolute Gasteiger partial charge is 0.223 e. The molecule has 0 bridgehead atoms. The summed E-state index contributed by atoms with van der Waals surface area (Å²) in [6.45, 7) is 0. The summed E-state index contributed by atoms with van der Waals surface area (Å²) < 4.78 is 28.4. The zero-order valence-corrected chi connectivity index (χ0v) is 13.6. The van der Waals surface area contributed by atoms with Gasteiger partial charge in [-0.1, -0.05) is 18.2 Å². The molecule has 3 nitrogen and oxygen atoms in total. The second kappa shape index (κ2) is 5.89. The largest absolute Gasteiger partial charge is 0.228 e. The summed E-state index contributed by atoms with van der Waals surface area (Å²) in [6, 6.07) is 10.6. The number of halogens is 3. The second-order valence-electron chi connectivity index (χ2n) is 5.04. The van der Waals surface area contributed by atoms with Crippen molar-refractivity contribution < 1.29 is 8.78 Å². The van der Waals surface area contributed by atoms with Crippen molar-refractivity contribution in [3.8, 4) is 21.7 Å². The molecule has 24 heavy (non-hydrogen) atoms. The van der Waals surface area contributed by atoms with Gasteiger partial charge in [0.2, 0.25) is 11.2 Å². The van der Waals surface area contributed by atoms with Gasteiger partial charge in [-0.2, -0.15) is 4.39 Å². The molecule has 4 aromatic rings. The van der Waals surface area contributed by atoms with Crippen LogP contribution in [0.5, 0.6) is 0 Å². The van der Waals surface area contributed by atoms with Crippen molar-refractivity contribution in [3.63, 3.8) is 0 Å². The Morgan fingerprint density at radius 2 is 1.92 bits per heavy atom. The average molecular weight is 360 g/mol. The van der Waals surface area contributed by atoms with Gasteiger partial charge in [0.05, 0.1) is 11.1 Å². The number of hydrogen-bond donors (Lipinski definition) is 0. The van der Waals surface area contributed by atoms with E-state index in [-0.39, 0.29) is 11.0 Å². The minimum Gasteiger partial charge on any atom is -0.228 e. The Morgan fingerprint density at radius 1 is 1.04 bits per heavy atom. The van der Waals surface area contributed by atoms with E-state index >= 15 is 0 Å². The van der Waals surface area contributed by atoms with Crippen molar-refractivity contribution in [1.82, 2.24) is 15.0 Å². The summed E-state index contributed by atoms with van der Waals surface area (Å²) >= 11 is 7.15. The molecule has 0 radical (unpaired) electrons. The van der Waals surface area contributed by atoms with Crippen LogP contribution >= 0.6 is 22.9 Å². The van der Waals surface area contributed by atoms with E-state index < -0.39 is 11.8 Å². The fourth-order valence-corrected chi connectivity index (χ4v) is 3.82. The van der Waals surface area contributed by atoms with E-state index in [1.807, 2.05) is 24.3 Å². The van der Waals surface area contributed by atoms with Crippen LogP contribution in [0.3, 0.4) is 0 Å². The summed E-state index contributed by atoms with van der Waals surface area (Å²) in [4.78, 5) is 11.8. The predicted molar refractivity (Wildman–Crippen MR) is 91.0 cm³/mol. The molecular formula is C17H8ClF2N3S. The molecule has 0 amide bonds. The average Bonchev–Trinajstić information content (AvgIpc) is 3.01. The molecule has 0 aliphatic rings. The van der Waals surface area contributed by atoms with Gasteiger partial charge >= 0.3 is 0 Å². The van der Waals surface area contributed by atoms with Crippen molar-refractivity contribution in [1.29, 1.82) is 0 Å². The summed E-state index contributed by atoms with van der Waals surface area (Å²) in [5.74, 6) is -1.09. The summed E-state index contributed by atoms with van der Waals surface area (Å²) in [7, 11) is 0. The van der Waals surface area contributed by atoms with E-state index in [2.05, 4.69) is 15.0 Å². The molecular weight excluding hydrogens is 352 g/mol. The molecule has 7 heteroatoms. The third-order valence-electron chi connectivity index (χ3n) is 3.53. The molecule has 0 saturated carbocycles. The molecule has 0 fully saturated rings. The van der Waals surface area contributed by atoms with Crippen molar-refractivity contribution in [2.24, 2.45) is 0 Å². The number of benzene rings is 1. The van der Waals surface area contributed by atoms with Crippen molar-refractivity contribution in [2.75, 3.05) is 0 Å². The molecule has 3 aromatic heterocycles. The van der Waals surface area contributed by atoms with E-state index in [1.54, 1.807) is 6.07 Å². The zero-order chi connectivity index (χ0) is 16.7. The third-order valence-corrected chi connectivity index (χ3v) is 4.90. The fraction of sp³-hybridized carbons (Fsp3) is 0. The third kappa shape index (κ3) is 2.64. The van der Waals surface area contributed by atoms with Crippen molar-refractivity contribution in [3.05, 3.63) is 65.8 Å². The standard InChI is InChI=1S/C17H8ClF2N3S/c18-17-22-8-12(19)15(23-17)13-6-10-2-1-3-11(16(10)24-13)9-4-5-21-14(20)7-9/h1-8H. The van der Waals surface area contributed by atoms with E-state index in [0.29, 0.717) is 10.4 Å². The zero-order valence-electron chi connectivity index (χ0n) is 12.0. The lowest BCUT2D eigenvalue weighted by Crippen LogP contribution is -1.90. The number of nitrogens with zero attached hydrogens (tertiary/aromatic N) is 3. The van der Waals surface area contributed by atoms with Gasteiger partial charge < -0.3 is 0 Å². The van der Waals surface area contributed by atoms with Crippen LogP contribution in [0.15, 0.2) is 48.8 Å². The lowest BCUT2D eigenvalue weighted by molar-refractivity contribution is 0.584. The van der Waals surface area contributed by atoms with Crippen LogP contribution in [-0.4, -0.2) is 15.0 Å². The summed E-state index contributed by atoms with van der Waals surface area (Å²) in [5, 5.41) is 0.902. The predicted octanol–water partition coefficient (Wildman–Crippen LogP) is 5.35. The molecule has 0 saturated heterocycles. The molecule has 4 rings (SSSR count). The number of fused-ring (bicyclic) bond motifs is 1. The highest BCUT2D eigenvalue weighted by Crippen LogP contribution is 2.39. The highest BCUT2D eigenvalue weighted by Gasteiger charge is 2.14. The maximum atomic E-state index is 14.0. The highest BCUT2D eigenvalue weighted by molar-refractivity contribution is 7.22. The van der Waals surface area contributed by atoms with Gasteiger partial charge in [-0.3, -0.25) is 0 Å². The topological polar surface area (TPSA) is 38.7 Å². The normalized spacial score (nSPS) is 11.1. The maximum absolute atomic E-state index is 14.0. The number of thiophene rings is 1. The maximum Gasteiger partial charge on any atom is 0.223 e. The Kier molecular flexibility index (Phi) is 3.70. The number of rotatable bonds is 2. The van der Waals surface area contributed by atoms with Crippen LogP contribution < -0.4 is 0 Å². The number of hydrogen-bond acceptors (Lipinski definition) is 4. The first-order chi connectivity index (χ1) is 11.6. The van der Waals surface area contributed by atoms with Gasteiger partial charge in [0.25, 0.3) is 0 Å². The molecule has 0 unspecified atom stereocenters. The van der Waals surface area contributed by atoms with Gasteiger partial charge in [0.15, 0.2) is 5.82 Å². The minimum atomic E-state index is -0.546. The second-order valence-corrected chi connectivity index (χ2v) is 6.43. The van der Waals surface area contributed by atoms with Crippen LogP contribution in [0, 0.1) is 11.8 Å². The van der Waals surface area contributed by atoms with E-state index in [0.717, 1.165) is 21.8 Å². The quantitative estimate of drug-likeness (QED) is 0.357. The summed E-state index contributed by atoms with van der Waals surface area (Å²) in [5.41, 5.74) is 1.72. The number of aromatic nitrogens is 3. The Bertz CT molecular complexity index is 1060. The molecule has 3 heterocycles. The van der Waals surface area contributed by atoms with Gasteiger partial charge in [-0.25, -0.2) is 19.3 Å². The molecule has 0 aliphatic carbocycles. The molecule has 0 atom stereocenters. The Labute approximate surface area is 144 Å². The Hall–Kier alpha value is -2.44. The SMILES string of the molecule is Fc1cc(-c2cccc3cc(-c4nc(Cl)ncc4F)sc23)ccn1. The van der Waals surface area contributed by atoms with Crippen molar-refractivity contribution >= 4 is 33.0 Å². The summed E-state index contributed by atoms with van der Waals surface area (Å²) in [6.07, 6.45) is 2.47. The van der Waals surface area contributed by atoms with Crippen LogP contribution in [-0.2, 0) is 0 Å². The van der Waals surface area contributed by atoms with Crippen LogP contribution in [0.4, 0.5) is 8.78 Å². The first-order valence-corrected chi connectivity index (χ1v) is 8.14. The number of pyridine rings is 1. The van der Waals surface area contributed by atoms with Gasteiger partial charge in [0, 0.05) is 17.0 Å². The Morgan fingerprint density at radius 3 is 2.75 bits per heavy atom. The van der Waals surface area contributed by atoms with E-state index in [9.17, 15) is 8.78 Å². The van der Waals surface area contributed by atoms with E-state index in [4.69, 9.17) is 11.6 Å². The lowest BCUT2D eigenvalue weighted by atomic mass is 10.1. The molecule has 1 aromatic carbocycles. The monoisotopic (exact) mass is 359 g/mol. The molecule has 0 spiro atoms. The molecule has 0 N–H and O–H groups in total. The van der Waals surface area contributed by atoms with Crippen molar-refractivity contribution in [2.45, 2.75) is 0 Å². The van der Waals surface area contributed by atoms with Crippen LogP contribution in [0.1, 0.15) is 0 Å². The van der Waals surface area contributed by atoms with Crippen LogP contribution in [0.25, 0.3) is 31.8 Å². The first kappa shape index (κ1) is 15.1. The van der Waals surface area contributed by atoms with E-state index in [1.165, 1.54) is 23.6 Å².